The Morgan fingerprint density at radius 1 is 0.733 bits per heavy atom. The van der Waals surface area contributed by atoms with Crippen molar-refractivity contribution >= 4 is 26.3 Å². The number of hydrogen-bond donors (Lipinski definition) is 1. The van der Waals surface area contributed by atoms with E-state index in [-0.39, 0.29) is 11.5 Å². The molecule has 0 radical (unpaired) electrons. The predicted octanol–water partition coefficient (Wildman–Crippen LogP) is 4.24. The first-order chi connectivity index (χ1) is 14.3. The van der Waals surface area contributed by atoms with E-state index >= 15 is 0 Å². The van der Waals surface area contributed by atoms with E-state index in [1.165, 1.54) is 6.26 Å². The quantitative estimate of drug-likeness (QED) is 0.211. The highest BCUT2D eigenvalue weighted by Crippen LogP contribution is 2.16. The molecule has 0 atom stereocenters. The molecule has 0 heterocycles. The fraction of sp³-hybridized carbons (Fsp3) is 0.364. The van der Waals surface area contributed by atoms with Crippen LogP contribution in [0, 0.1) is 0 Å². The van der Waals surface area contributed by atoms with Gasteiger partial charge in [-0.1, -0.05) is 54.6 Å². The molecule has 0 aromatic heterocycles. The van der Waals surface area contributed by atoms with Crippen LogP contribution in [0.1, 0.15) is 42.4 Å². The third-order valence-corrected chi connectivity index (χ3v) is 6.57. The van der Waals surface area contributed by atoms with Crippen molar-refractivity contribution in [1.29, 1.82) is 0 Å². The summed E-state index contributed by atoms with van der Waals surface area (Å²) < 4.78 is 59.3. The van der Waals surface area contributed by atoms with E-state index in [1.807, 2.05) is 54.6 Å². The van der Waals surface area contributed by atoms with Crippen LogP contribution in [0.3, 0.4) is 0 Å². The van der Waals surface area contributed by atoms with Gasteiger partial charge >= 0.3 is 10.1 Å². The van der Waals surface area contributed by atoms with Crippen LogP contribution in [0.15, 0.2) is 60.9 Å². The van der Waals surface area contributed by atoms with Crippen molar-refractivity contribution in [3.63, 3.8) is 0 Å². The fourth-order valence-corrected chi connectivity index (χ4v) is 4.49. The molecule has 6 nitrogen and oxygen atoms in total. The van der Waals surface area contributed by atoms with Gasteiger partial charge in [0.2, 0.25) is 0 Å². The smallest absolute Gasteiger partial charge is 0.308 e. The summed E-state index contributed by atoms with van der Waals surface area (Å²) in [4.78, 5) is 0. The van der Waals surface area contributed by atoms with Crippen molar-refractivity contribution in [2.24, 2.45) is 0 Å². The molecule has 1 N–H and O–H groups in total. The van der Waals surface area contributed by atoms with Crippen LogP contribution in [0.25, 0.3) is 6.08 Å². The maximum atomic E-state index is 12.0. The van der Waals surface area contributed by atoms with Crippen molar-refractivity contribution in [3.05, 3.63) is 77.5 Å². The SMILES string of the molecule is O=S(=O)(O)CCCCc1ccccc1CCCCS(=O)(=O)OC=Cc1ccccc1. The Balaban J connectivity index is 1.75. The first-order valence-electron chi connectivity index (χ1n) is 9.90. The molecule has 0 aliphatic carbocycles. The van der Waals surface area contributed by atoms with Crippen molar-refractivity contribution in [3.8, 4) is 0 Å². The molecule has 164 valence electrons. The van der Waals surface area contributed by atoms with E-state index in [0.717, 1.165) is 29.5 Å². The molecular formula is C22H28O6S2. The predicted molar refractivity (Wildman–Crippen MR) is 119 cm³/mol. The molecule has 0 aliphatic heterocycles. The summed E-state index contributed by atoms with van der Waals surface area (Å²) in [5.74, 6) is -0.283. The molecular weight excluding hydrogens is 424 g/mol. The molecule has 0 aliphatic rings. The van der Waals surface area contributed by atoms with Gasteiger partial charge in [-0.15, -0.1) is 0 Å². The average molecular weight is 453 g/mol. The van der Waals surface area contributed by atoms with Crippen molar-refractivity contribution in [2.45, 2.75) is 38.5 Å². The van der Waals surface area contributed by atoms with Gasteiger partial charge in [0, 0.05) is 0 Å². The normalized spacial score (nSPS) is 12.3. The van der Waals surface area contributed by atoms with Gasteiger partial charge in [-0.2, -0.15) is 16.8 Å². The second kappa shape index (κ2) is 11.9. The number of benzene rings is 2. The van der Waals surface area contributed by atoms with Crippen molar-refractivity contribution < 1.29 is 25.6 Å². The molecule has 0 amide bonds. The second-order valence-electron chi connectivity index (χ2n) is 7.04. The van der Waals surface area contributed by atoms with Gasteiger partial charge in [-0.05, 0) is 61.3 Å². The van der Waals surface area contributed by atoms with Crippen LogP contribution in [-0.4, -0.2) is 32.9 Å². The number of aryl methyl sites for hydroxylation is 2. The summed E-state index contributed by atoms with van der Waals surface area (Å²) in [6, 6.07) is 17.2. The lowest BCUT2D eigenvalue weighted by molar-refractivity contribution is 0.443. The Hall–Kier alpha value is -2.16. The van der Waals surface area contributed by atoms with E-state index in [4.69, 9.17) is 8.74 Å². The van der Waals surface area contributed by atoms with E-state index in [2.05, 4.69) is 0 Å². The largest absolute Gasteiger partial charge is 0.390 e. The summed E-state index contributed by atoms with van der Waals surface area (Å²) in [6.45, 7) is 0. The molecule has 0 saturated heterocycles. The molecule has 0 unspecified atom stereocenters. The minimum atomic E-state index is -3.92. The van der Waals surface area contributed by atoms with E-state index in [1.54, 1.807) is 6.08 Å². The lowest BCUT2D eigenvalue weighted by atomic mass is 9.98. The van der Waals surface area contributed by atoms with Crippen LogP contribution < -0.4 is 0 Å². The molecule has 0 bridgehead atoms. The van der Waals surface area contributed by atoms with Gasteiger partial charge in [0.05, 0.1) is 11.5 Å². The number of hydrogen-bond acceptors (Lipinski definition) is 5. The van der Waals surface area contributed by atoms with Gasteiger partial charge in [0.25, 0.3) is 10.1 Å². The number of rotatable bonds is 13. The monoisotopic (exact) mass is 452 g/mol. The maximum Gasteiger partial charge on any atom is 0.308 e. The van der Waals surface area contributed by atoms with E-state index < -0.39 is 20.2 Å². The zero-order valence-electron chi connectivity index (χ0n) is 16.8. The minimum absolute atomic E-state index is 0.0529. The van der Waals surface area contributed by atoms with Crippen molar-refractivity contribution in [2.75, 3.05) is 11.5 Å². The topological polar surface area (TPSA) is 97.7 Å². The molecule has 2 rings (SSSR count). The zero-order chi connectivity index (χ0) is 21.9. The Morgan fingerprint density at radius 2 is 1.27 bits per heavy atom. The zero-order valence-corrected chi connectivity index (χ0v) is 18.4. The highest BCUT2D eigenvalue weighted by Gasteiger charge is 2.10. The first-order valence-corrected chi connectivity index (χ1v) is 13.1. The van der Waals surface area contributed by atoms with Crippen LogP contribution >= 0.6 is 0 Å². The average Bonchev–Trinajstić information content (AvgIpc) is 2.69. The van der Waals surface area contributed by atoms with Gasteiger partial charge in [0.1, 0.15) is 6.26 Å². The van der Waals surface area contributed by atoms with Crippen LogP contribution in [0.4, 0.5) is 0 Å². The summed E-state index contributed by atoms with van der Waals surface area (Å²) in [5, 5.41) is 0. The molecule has 2 aromatic rings. The highest BCUT2D eigenvalue weighted by atomic mass is 32.2. The Morgan fingerprint density at radius 3 is 1.83 bits per heavy atom. The summed E-state index contributed by atoms with van der Waals surface area (Å²) in [5.41, 5.74) is 3.12. The highest BCUT2D eigenvalue weighted by molar-refractivity contribution is 7.86. The number of unbranched alkanes of at least 4 members (excludes halogenated alkanes) is 2. The van der Waals surface area contributed by atoms with Crippen LogP contribution in [0.5, 0.6) is 0 Å². The fourth-order valence-electron chi connectivity index (χ4n) is 3.04. The standard InChI is InChI=1S/C22H28O6S2/c23-29(24,25)18-8-6-14-21-12-4-5-13-22(21)15-7-9-19-30(26,27)28-17-16-20-10-2-1-3-11-20/h1-5,10-13,16-17H,6-9,14-15,18-19H2,(H,23,24,25). The lowest BCUT2D eigenvalue weighted by Gasteiger charge is -2.09. The molecule has 0 saturated carbocycles. The van der Waals surface area contributed by atoms with Crippen molar-refractivity contribution in [1.82, 2.24) is 0 Å². The van der Waals surface area contributed by atoms with Gasteiger partial charge in [-0.3, -0.25) is 4.55 Å². The first kappa shape index (κ1) is 24.1. The van der Waals surface area contributed by atoms with Crippen LogP contribution in [0.2, 0.25) is 0 Å². The summed E-state index contributed by atoms with van der Waals surface area (Å²) >= 11 is 0. The molecule has 0 spiro atoms. The van der Waals surface area contributed by atoms with E-state index in [9.17, 15) is 16.8 Å². The molecule has 8 heteroatoms. The molecule has 2 aromatic carbocycles. The van der Waals surface area contributed by atoms with Gasteiger partial charge < -0.3 is 4.18 Å². The second-order valence-corrected chi connectivity index (χ2v) is 10.3. The third-order valence-electron chi connectivity index (χ3n) is 4.57. The summed E-state index contributed by atoms with van der Waals surface area (Å²) in [6.07, 6.45) is 6.52. The minimum Gasteiger partial charge on any atom is -0.390 e. The lowest BCUT2D eigenvalue weighted by Crippen LogP contribution is -2.08. The van der Waals surface area contributed by atoms with Crippen LogP contribution in [-0.2, 0) is 37.3 Å². The third kappa shape index (κ3) is 10.0. The van der Waals surface area contributed by atoms with E-state index in [0.29, 0.717) is 25.7 Å². The molecule has 0 fully saturated rings. The molecule has 30 heavy (non-hydrogen) atoms. The maximum absolute atomic E-state index is 12.0. The Labute approximate surface area is 179 Å². The van der Waals surface area contributed by atoms with Gasteiger partial charge in [-0.25, -0.2) is 0 Å². The Kier molecular flexibility index (Phi) is 9.55. The Bertz CT molecular complexity index is 1010. The van der Waals surface area contributed by atoms with Gasteiger partial charge in [0.15, 0.2) is 0 Å². The summed E-state index contributed by atoms with van der Waals surface area (Å²) in [7, 11) is -7.53.